The van der Waals surface area contributed by atoms with E-state index in [4.69, 9.17) is 4.43 Å². The third-order valence-electron chi connectivity index (χ3n) is 6.35. The zero-order valence-corrected chi connectivity index (χ0v) is 16.1. The second-order valence-electron chi connectivity index (χ2n) is 7.55. The Labute approximate surface area is 152 Å². The minimum absolute atomic E-state index is 0.718. The molecule has 1 saturated carbocycles. The van der Waals surface area contributed by atoms with Crippen molar-refractivity contribution < 1.29 is 4.43 Å². The number of allylic oxidation sites excluding steroid dienone is 2. The first-order valence-corrected chi connectivity index (χ1v) is 11.9. The molecule has 0 spiro atoms. The Morgan fingerprint density at radius 3 is 2.12 bits per heavy atom. The first kappa shape index (κ1) is 16.8. The van der Waals surface area contributed by atoms with Crippen molar-refractivity contribution in [2.45, 2.75) is 32.2 Å². The highest BCUT2D eigenvalue weighted by atomic mass is 28.4. The zero-order valence-electron chi connectivity index (χ0n) is 15.1. The van der Waals surface area contributed by atoms with E-state index in [0.29, 0.717) is 0 Å². The van der Waals surface area contributed by atoms with Gasteiger partial charge in [-0.15, -0.1) is 0 Å². The van der Waals surface area contributed by atoms with Crippen LogP contribution >= 0.6 is 0 Å². The third-order valence-corrected chi connectivity index (χ3v) is 10.5. The highest BCUT2D eigenvalue weighted by Crippen LogP contribution is 2.43. The van der Waals surface area contributed by atoms with E-state index in [-0.39, 0.29) is 0 Å². The van der Waals surface area contributed by atoms with Gasteiger partial charge >= 0.3 is 0 Å². The Morgan fingerprint density at radius 2 is 1.56 bits per heavy atom. The molecule has 3 unspecified atom stereocenters. The van der Waals surface area contributed by atoms with Gasteiger partial charge in [0, 0.05) is 6.61 Å². The summed E-state index contributed by atoms with van der Waals surface area (Å²) in [4.78, 5) is 0. The van der Waals surface area contributed by atoms with Crippen LogP contribution in [-0.4, -0.2) is 14.9 Å². The van der Waals surface area contributed by atoms with Gasteiger partial charge in [-0.25, -0.2) is 0 Å². The Hall–Kier alpha value is -1.64. The second-order valence-corrected chi connectivity index (χ2v) is 11.4. The monoisotopic (exact) mass is 348 g/mol. The van der Waals surface area contributed by atoms with Gasteiger partial charge in [0.1, 0.15) is 0 Å². The molecule has 2 aliphatic carbocycles. The molecule has 0 aliphatic heterocycles. The van der Waals surface area contributed by atoms with Crippen LogP contribution in [0.2, 0.25) is 6.04 Å². The standard InChI is InChI=1S/C23H28OSi/c1-2-25(21-12-5-3-6-13-21,22-14-7-4-8-15-22)24-18-23-19-10-9-11-20(23)17-16-19/h3-10,12-15,19-20,23H,2,11,16-18H2,1H3. The summed E-state index contributed by atoms with van der Waals surface area (Å²) in [7, 11) is -2.16. The first-order chi connectivity index (χ1) is 12.3. The van der Waals surface area contributed by atoms with Crippen molar-refractivity contribution in [2.24, 2.45) is 17.8 Å². The summed E-state index contributed by atoms with van der Waals surface area (Å²) in [6.07, 6.45) is 8.84. The Balaban J connectivity index is 1.65. The lowest BCUT2D eigenvalue weighted by molar-refractivity contribution is 0.185. The van der Waals surface area contributed by atoms with Gasteiger partial charge in [-0.3, -0.25) is 0 Å². The molecule has 130 valence electrons. The van der Waals surface area contributed by atoms with Gasteiger partial charge in [-0.05, 0) is 53.4 Å². The SMILES string of the molecule is CC[Si](OCC1C2C=CCC1CC2)(c1ccccc1)c1ccccc1. The molecule has 0 amide bonds. The van der Waals surface area contributed by atoms with Crippen LogP contribution in [0.25, 0.3) is 0 Å². The Kier molecular flexibility index (Phi) is 4.91. The molecule has 2 aliphatic rings. The van der Waals surface area contributed by atoms with Crippen molar-refractivity contribution in [1.29, 1.82) is 0 Å². The normalized spacial score (nSPS) is 25.2. The molecule has 0 N–H and O–H groups in total. The van der Waals surface area contributed by atoms with Gasteiger partial charge in [0.15, 0.2) is 0 Å². The van der Waals surface area contributed by atoms with Crippen molar-refractivity contribution in [3.05, 3.63) is 72.8 Å². The number of fused-ring (bicyclic) bond motifs is 2. The fraction of sp³-hybridized carbons (Fsp3) is 0.391. The molecule has 2 aromatic carbocycles. The topological polar surface area (TPSA) is 9.23 Å². The zero-order chi connectivity index (χ0) is 17.1. The maximum Gasteiger partial charge on any atom is 0.255 e. The number of rotatable bonds is 6. The molecule has 0 radical (unpaired) electrons. The van der Waals surface area contributed by atoms with Crippen LogP contribution in [0.1, 0.15) is 26.2 Å². The van der Waals surface area contributed by atoms with Crippen LogP contribution in [0.4, 0.5) is 0 Å². The molecule has 2 aromatic rings. The second kappa shape index (κ2) is 7.31. The van der Waals surface area contributed by atoms with E-state index in [1.807, 2.05) is 0 Å². The predicted octanol–water partition coefficient (Wildman–Crippen LogP) is 4.39. The van der Waals surface area contributed by atoms with Crippen LogP contribution in [0.15, 0.2) is 72.8 Å². The summed E-state index contributed by atoms with van der Waals surface area (Å²) in [6, 6.07) is 23.0. The van der Waals surface area contributed by atoms with Gasteiger partial charge in [0.05, 0.1) is 0 Å². The van der Waals surface area contributed by atoms with Crippen molar-refractivity contribution in [2.75, 3.05) is 6.61 Å². The molecule has 2 heteroatoms. The lowest BCUT2D eigenvalue weighted by atomic mass is 9.84. The van der Waals surface area contributed by atoms with Crippen LogP contribution < -0.4 is 10.4 Å². The molecular weight excluding hydrogens is 320 g/mol. The molecule has 2 bridgehead atoms. The Morgan fingerprint density at radius 1 is 0.920 bits per heavy atom. The van der Waals surface area contributed by atoms with E-state index in [2.05, 4.69) is 79.7 Å². The van der Waals surface area contributed by atoms with E-state index in [1.54, 1.807) is 0 Å². The van der Waals surface area contributed by atoms with E-state index in [0.717, 1.165) is 30.4 Å². The van der Waals surface area contributed by atoms with Gasteiger partial charge < -0.3 is 4.43 Å². The average molecular weight is 349 g/mol. The third kappa shape index (κ3) is 3.14. The highest BCUT2D eigenvalue weighted by molar-refractivity contribution is 6.97. The van der Waals surface area contributed by atoms with E-state index >= 15 is 0 Å². The number of hydrogen-bond acceptors (Lipinski definition) is 1. The first-order valence-electron chi connectivity index (χ1n) is 9.75. The maximum absolute atomic E-state index is 6.98. The van der Waals surface area contributed by atoms with Crippen molar-refractivity contribution in [1.82, 2.24) is 0 Å². The van der Waals surface area contributed by atoms with Crippen molar-refractivity contribution in [3.63, 3.8) is 0 Å². The summed E-state index contributed by atoms with van der Waals surface area (Å²) in [6.45, 7) is 3.23. The van der Waals surface area contributed by atoms with Crippen LogP contribution in [0.3, 0.4) is 0 Å². The Bertz CT molecular complexity index is 670. The van der Waals surface area contributed by atoms with E-state index in [1.165, 1.54) is 29.6 Å². The molecule has 0 aromatic heterocycles. The highest BCUT2D eigenvalue weighted by Gasteiger charge is 2.42. The molecule has 3 atom stereocenters. The van der Waals surface area contributed by atoms with Crippen LogP contribution in [0, 0.1) is 17.8 Å². The summed E-state index contributed by atoms with van der Waals surface area (Å²) >= 11 is 0. The van der Waals surface area contributed by atoms with Crippen molar-refractivity contribution >= 4 is 18.7 Å². The minimum Gasteiger partial charge on any atom is -0.408 e. The summed E-state index contributed by atoms with van der Waals surface area (Å²) in [5.41, 5.74) is 0. The predicted molar refractivity (Wildman–Crippen MR) is 108 cm³/mol. The van der Waals surface area contributed by atoms with Crippen LogP contribution in [-0.2, 0) is 4.43 Å². The van der Waals surface area contributed by atoms with Crippen LogP contribution in [0.5, 0.6) is 0 Å². The summed E-state index contributed by atoms with van der Waals surface area (Å²) in [5, 5.41) is 2.81. The molecule has 25 heavy (non-hydrogen) atoms. The fourth-order valence-corrected chi connectivity index (χ4v) is 8.53. The minimum atomic E-state index is -2.16. The number of hydrogen-bond donors (Lipinski definition) is 0. The quantitative estimate of drug-likeness (QED) is 0.556. The van der Waals surface area contributed by atoms with Gasteiger partial charge in [0.25, 0.3) is 8.32 Å². The lowest BCUT2D eigenvalue weighted by Crippen LogP contribution is -2.61. The number of benzene rings is 2. The summed E-state index contributed by atoms with van der Waals surface area (Å²) < 4.78 is 6.98. The molecule has 1 fully saturated rings. The molecule has 0 heterocycles. The molecule has 0 saturated heterocycles. The van der Waals surface area contributed by atoms with E-state index in [9.17, 15) is 0 Å². The average Bonchev–Trinajstić information content (AvgIpc) is 2.90. The molecule has 4 rings (SSSR count). The fourth-order valence-electron chi connectivity index (χ4n) is 4.90. The largest absolute Gasteiger partial charge is 0.408 e. The lowest BCUT2D eigenvalue weighted by Gasteiger charge is -2.35. The smallest absolute Gasteiger partial charge is 0.255 e. The molecular formula is C23H28OSi. The van der Waals surface area contributed by atoms with Crippen molar-refractivity contribution in [3.8, 4) is 0 Å². The molecule has 1 nitrogen and oxygen atoms in total. The van der Waals surface area contributed by atoms with Gasteiger partial charge in [-0.2, -0.15) is 0 Å². The van der Waals surface area contributed by atoms with E-state index < -0.39 is 8.32 Å². The summed E-state index contributed by atoms with van der Waals surface area (Å²) in [5.74, 6) is 2.30. The maximum atomic E-state index is 6.98. The van der Waals surface area contributed by atoms with Gasteiger partial charge in [0.2, 0.25) is 0 Å². The van der Waals surface area contributed by atoms with Gasteiger partial charge in [-0.1, -0.05) is 79.7 Å².